The predicted octanol–water partition coefficient (Wildman–Crippen LogP) is 6.75. The normalized spacial score (nSPS) is 13.8. The smallest absolute Gasteiger partial charge is 0.224 e. The zero-order chi connectivity index (χ0) is 21.7. The lowest BCUT2D eigenvalue weighted by atomic mass is 10.0. The number of Topliss-reactive ketones (excluding diaryl/α,β-unsaturated/α-hetero) is 1. The van der Waals surface area contributed by atoms with E-state index >= 15 is 0 Å². The van der Waals surface area contributed by atoms with E-state index in [0.717, 1.165) is 17.9 Å². The van der Waals surface area contributed by atoms with Crippen molar-refractivity contribution in [1.82, 2.24) is 5.32 Å². The second-order valence-electron chi connectivity index (χ2n) is 6.85. The van der Waals surface area contributed by atoms with E-state index in [4.69, 9.17) is 0 Å². The fourth-order valence-electron chi connectivity index (χ4n) is 2.89. The number of hydrogen-bond donors (Lipinski definition) is 1. The highest BCUT2D eigenvalue weighted by atomic mass is 32.2. The van der Waals surface area contributed by atoms with Gasteiger partial charge in [0.25, 0.3) is 0 Å². The molecule has 0 aromatic heterocycles. The maximum Gasteiger partial charge on any atom is 0.224 e. The van der Waals surface area contributed by atoms with Crippen molar-refractivity contribution in [2.45, 2.75) is 80.1 Å². The van der Waals surface area contributed by atoms with Gasteiger partial charge in [0.15, 0.2) is 5.78 Å². The molecule has 0 bridgehead atoms. The summed E-state index contributed by atoms with van der Waals surface area (Å²) < 4.78 is 0. The molecule has 1 aliphatic carbocycles. The number of rotatable bonds is 6. The highest BCUT2D eigenvalue weighted by Gasteiger charge is 2.16. The van der Waals surface area contributed by atoms with Crippen molar-refractivity contribution in [1.29, 1.82) is 0 Å². The molecule has 0 heterocycles. The maximum absolute atomic E-state index is 11.3. The van der Waals surface area contributed by atoms with Crippen LogP contribution >= 0.6 is 11.8 Å². The van der Waals surface area contributed by atoms with Gasteiger partial charge >= 0.3 is 0 Å². The van der Waals surface area contributed by atoms with Crippen LogP contribution in [0.25, 0.3) is 0 Å². The summed E-state index contributed by atoms with van der Waals surface area (Å²) in [5.41, 5.74) is 4.07. The minimum atomic E-state index is -0.0586. The third-order valence-electron chi connectivity index (χ3n) is 4.19. The van der Waals surface area contributed by atoms with E-state index in [-0.39, 0.29) is 11.7 Å². The molecular weight excluding hydrogens is 366 g/mol. The van der Waals surface area contributed by atoms with Gasteiger partial charge in [-0.3, -0.25) is 9.59 Å². The molecule has 1 aromatic rings. The van der Waals surface area contributed by atoms with Crippen molar-refractivity contribution >= 4 is 23.5 Å². The second-order valence-corrected chi connectivity index (χ2v) is 7.95. The Balaban J connectivity index is 0.000000513. The first kappa shape index (κ1) is 26.2. The average Bonchev–Trinajstić information content (AvgIpc) is 3.03. The molecule has 0 spiro atoms. The van der Waals surface area contributed by atoms with Gasteiger partial charge in [-0.2, -0.15) is 0 Å². The van der Waals surface area contributed by atoms with Crippen molar-refractivity contribution < 1.29 is 9.59 Å². The van der Waals surface area contributed by atoms with E-state index in [9.17, 15) is 9.59 Å². The summed E-state index contributed by atoms with van der Waals surface area (Å²) in [5.74, 6) is 0.740. The number of carbonyl (C=O) groups excluding carboxylic acids is 2. The first-order chi connectivity index (χ1) is 13.3. The number of amides is 1. The zero-order valence-electron chi connectivity index (χ0n) is 18.6. The first-order valence-corrected chi connectivity index (χ1v) is 11.0. The lowest BCUT2D eigenvalue weighted by Crippen LogP contribution is -2.20. The third-order valence-corrected chi connectivity index (χ3v) is 5.44. The average molecular weight is 404 g/mol. The summed E-state index contributed by atoms with van der Waals surface area (Å²) in [6.07, 6.45) is 3.91. The number of nitrogens with one attached hydrogen (secondary N) is 1. The van der Waals surface area contributed by atoms with Crippen molar-refractivity contribution in [3.63, 3.8) is 0 Å². The van der Waals surface area contributed by atoms with Crippen molar-refractivity contribution in [3.8, 4) is 0 Å². The van der Waals surface area contributed by atoms with Crippen LogP contribution in [0.3, 0.4) is 0 Å². The van der Waals surface area contributed by atoms with Gasteiger partial charge in [-0.1, -0.05) is 75.9 Å². The molecule has 0 radical (unpaired) electrons. The largest absolute Gasteiger partial charge is 0.321 e. The molecule has 1 N–H and O–H groups in total. The van der Waals surface area contributed by atoms with Crippen LogP contribution in [0.1, 0.15) is 84.8 Å². The number of benzene rings is 1. The molecule has 0 saturated carbocycles. The summed E-state index contributed by atoms with van der Waals surface area (Å²) >= 11 is 1.22. The molecule has 1 atom stereocenters. The molecular formula is C24H37NO2S. The molecule has 2 rings (SSSR count). The molecule has 0 fully saturated rings. The van der Waals surface area contributed by atoms with E-state index in [1.54, 1.807) is 11.1 Å². The van der Waals surface area contributed by atoms with Crippen LogP contribution < -0.4 is 5.32 Å². The SMILES string of the molecule is C=C(NC(=O)CCC)SC(C(C)=O)=C(C)C.CC.CC1CCc2ccccc21. The number of aryl methyl sites for hydroxylation is 1. The quantitative estimate of drug-likeness (QED) is 0.534. The number of hydrogen-bond acceptors (Lipinski definition) is 3. The zero-order valence-corrected chi connectivity index (χ0v) is 19.5. The molecule has 0 aliphatic heterocycles. The molecule has 1 unspecified atom stereocenters. The van der Waals surface area contributed by atoms with Gasteiger partial charge < -0.3 is 5.32 Å². The molecule has 28 heavy (non-hydrogen) atoms. The van der Waals surface area contributed by atoms with Crippen LogP contribution in [0.5, 0.6) is 0 Å². The molecule has 156 valence electrons. The van der Waals surface area contributed by atoms with Crippen LogP contribution in [-0.2, 0) is 16.0 Å². The summed E-state index contributed by atoms with van der Waals surface area (Å²) in [6.45, 7) is 17.2. The molecule has 4 heteroatoms. The second kappa shape index (κ2) is 14.2. The van der Waals surface area contributed by atoms with Crippen LogP contribution in [0, 0.1) is 0 Å². The van der Waals surface area contributed by atoms with Gasteiger partial charge in [-0.15, -0.1) is 0 Å². The highest BCUT2D eigenvalue weighted by Crippen LogP contribution is 2.31. The first-order valence-electron chi connectivity index (χ1n) is 10.2. The summed E-state index contributed by atoms with van der Waals surface area (Å²) in [5, 5.41) is 3.17. The predicted molar refractivity (Wildman–Crippen MR) is 123 cm³/mol. The lowest BCUT2D eigenvalue weighted by molar-refractivity contribution is -0.120. The van der Waals surface area contributed by atoms with Crippen LogP contribution in [0.4, 0.5) is 0 Å². The summed E-state index contributed by atoms with van der Waals surface area (Å²) in [6, 6.07) is 8.78. The van der Waals surface area contributed by atoms with Crippen molar-refractivity contribution in [3.05, 3.63) is 57.5 Å². The number of ketones is 1. The standard InChI is InChI=1S/C12H19NO2S.C10H12.C2H6/c1-6-7-11(15)13-10(5)16-12(8(2)3)9(4)14;1-8-6-7-9-4-2-3-5-10(8)9;1-2/h5-7H2,1-4H3,(H,13,15);2-5,8H,6-7H2,1H3;1-2H3. The maximum atomic E-state index is 11.3. The van der Waals surface area contributed by atoms with Gasteiger partial charge in [0.1, 0.15) is 0 Å². The van der Waals surface area contributed by atoms with Gasteiger partial charge in [-0.05, 0) is 57.1 Å². The number of carbonyl (C=O) groups is 2. The van der Waals surface area contributed by atoms with E-state index in [0.29, 0.717) is 16.4 Å². The van der Waals surface area contributed by atoms with Gasteiger partial charge in [0.2, 0.25) is 5.91 Å². The Bertz CT molecular complexity index is 688. The monoisotopic (exact) mass is 403 g/mol. The Kier molecular flexibility index (Phi) is 13.3. The van der Waals surface area contributed by atoms with Crippen molar-refractivity contribution in [2.75, 3.05) is 0 Å². The van der Waals surface area contributed by atoms with Crippen LogP contribution in [-0.4, -0.2) is 11.7 Å². The van der Waals surface area contributed by atoms with E-state index in [1.165, 1.54) is 31.5 Å². The Hall–Kier alpha value is -1.81. The molecule has 1 amide bonds. The molecule has 1 aromatic carbocycles. The summed E-state index contributed by atoms with van der Waals surface area (Å²) in [4.78, 5) is 23.2. The highest BCUT2D eigenvalue weighted by molar-refractivity contribution is 8.07. The third kappa shape index (κ3) is 9.41. The van der Waals surface area contributed by atoms with E-state index in [1.807, 2.05) is 34.6 Å². The van der Waals surface area contributed by atoms with E-state index < -0.39 is 0 Å². The number of fused-ring (bicyclic) bond motifs is 1. The van der Waals surface area contributed by atoms with E-state index in [2.05, 4.69) is 43.1 Å². The lowest BCUT2D eigenvalue weighted by Gasteiger charge is -2.09. The Morgan fingerprint density at radius 2 is 1.79 bits per heavy atom. The minimum Gasteiger partial charge on any atom is -0.321 e. The topological polar surface area (TPSA) is 46.2 Å². The number of allylic oxidation sites excluding steroid dienone is 2. The fourth-order valence-corrected chi connectivity index (χ4v) is 3.65. The van der Waals surface area contributed by atoms with Crippen molar-refractivity contribution in [2.24, 2.45) is 0 Å². The number of thioether (sulfide) groups is 1. The summed E-state index contributed by atoms with van der Waals surface area (Å²) in [7, 11) is 0. The molecule has 3 nitrogen and oxygen atoms in total. The Morgan fingerprint density at radius 1 is 1.18 bits per heavy atom. The minimum absolute atomic E-state index is 0.00381. The van der Waals surface area contributed by atoms with Crippen LogP contribution in [0.2, 0.25) is 0 Å². The fraction of sp³-hybridized carbons (Fsp3) is 0.500. The van der Waals surface area contributed by atoms with Crippen LogP contribution in [0.15, 0.2) is 46.4 Å². The molecule has 1 aliphatic rings. The van der Waals surface area contributed by atoms with Gasteiger partial charge in [0.05, 0.1) is 9.93 Å². The van der Waals surface area contributed by atoms with Gasteiger partial charge in [0, 0.05) is 6.42 Å². The van der Waals surface area contributed by atoms with Gasteiger partial charge in [-0.25, -0.2) is 0 Å². The Labute approximate surface area is 176 Å². The molecule has 0 saturated heterocycles. The Morgan fingerprint density at radius 3 is 2.29 bits per heavy atom.